The molecule has 0 heterocycles. The number of benzene rings is 1. The van der Waals surface area contributed by atoms with Gasteiger partial charge in [-0.05, 0) is 55.7 Å². The van der Waals surface area contributed by atoms with Crippen molar-refractivity contribution in [3.05, 3.63) is 34.9 Å². The number of amides is 1. The minimum Gasteiger partial charge on any atom is -0.362 e. The number of rotatable bonds is 4. The van der Waals surface area contributed by atoms with Gasteiger partial charge >= 0.3 is 0 Å². The molecule has 0 unspecified atom stereocenters. The smallest absolute Gasteiger partial charge is 0.257 e. The third kappa shape index (κ3) is 4.45. The Labute approximate surface area is 114 Å². The summed E-state index contributed by atoms with van der Waals surface area (Å²) >= 11 is 5.06. The summed E-state index contributed by atoms with van der Waals surface area (Å²) in [5.74, 6) is -0.160. The lowest BCUT2D eigenvalue weighted by Crippen LogP contribution is -2.39. The fourth-order valence-corrected chi connectivity index (χ4v) is 1.68. The van der Waals surface area contributed by atoms with Crippen LogP contribution in [0.15, 0.2) is 18.2 Å². The van der Waals surface area contributed by atoms with Gasteiger partial charge < -0.3 is 5.32 Å². The summed E-state index contributed by atoms with van der Waals surface area (Å²) < 4.78 is 0. The summed E-state index contributed by atoms with van der Waals surface area (Å²) in [5.41, 5.74) is 2.92. The van der Waals surface area contributed by atoms with Crippen molar-refractivity contribution in [2.45, 2.75) is 33.6 Å². The largest absolute Gasteiger partial charge is 0.362 e. The lowest BCUT2D eigenvalue weighted by atomic mass is 10.1. The minimum atomic E-state index is -0.160. The van der Waals surface area contributed by atoms with Crippen LogP contribution in [0.1, 0.15) is 41.3 Å². The fraction of sp³-hybridized carbons (Fsp3) is 0.429. The second-order valence-corrected chi connectivity index (χ2v) is 4.77. The molecule has 1 amide bonds. The van der Waals surface area contributed by atoms with Crippen LogP contribution in [-0.4, -0.2) is 17.6 Å². The molecule has 0 bridgehead atoms. The van der Waals surface area contributed by atoms with Gasteiger partial charge in [-0.2, -0.15) is 0 Å². The molecular formula is C14H20N2OS. The van der Waals surface area contributed by atoms with Crippen LogP contribution in [0.4, 0.5) is 0 Å². The van der Waals surface area contributed by atoms with Crippen molar-refractivity contribution in [2.75, 3.05) is 6.54 Å². The number of carbonyl (C=O) groups excluding carboxylic acids is 1. The van der Waals surface area contributed by atoms with Gasteiger partial charge in [-0.15, -0.1) is 0 Å². The van der Waals surface area contributed by atoms with Gasteiger partial charge in [-0.3, -0.25) is 10.1 Å². The van der Waals surface area contributed by atoms with Gasteiger partial charge in [0.15, 0.2) is 5.11 Å². The van der Waals surface area contributed by atoms with Crippen LogP contribution in [0.25, 0.3) is 0 Å². The quantitative estimate of drug-likeness (QED) is 0.649. The van der Waals surface area contributed by atoms with Crippen molar-refractivity contribution in [3.63, 3.8) is 0 Å². The molecule has 18 heavy (non-hydrogen) atoms. The van der Waals surface area contributed by atoms with Crippen molar-refractivity contribution in [1.82, 2.24) is 10.6 Å². The topological polar surface area (TPSA) is 41.1 Å². The van der Waals surface area contributed by atoms with Crippen molar-refractivity contribution in [3.8, 4) is 0 Å². The van der Waals surface area contributed by atoms with Crippen molar-refractivity contribution in [2.24, 2.45) is 0 Å². The zero-order valence-corrected chi connectivity index (χ0v) is 12.0. The zero-order valence-electron chi connectivity index (χ0n) is 11.2. The highest BCUT2D eigenvalue weighted by Gasteiger charge is 2.08. The van der Waals surface area contributed by atoms with Crippen LogP contribution in [0.2, 0.25) is 0 Å². The van der Waals surface area contributed by atoms with Crippen molar-refractivity contribution < 1.29 is 4.79 Å². The summed E-state index contributed by atoms with van der Waals surface area (Å²) in [7, 11) is 0. The van der Waals surface area contributed by atoms with E-state index in [-0.39, 0.29) is 5.91 Å². The summed E-state index contributed by atoms with van der Waals surface area (Å²) in [4.78, 5) is 11.9. The van der Waals surface area contributed by atoms with Crippen LogP contribution in [-0.2, 0) is 0 Å². The fourth-order valence-electron chi connectivity index (χ4n) is 1.48. The molecule has 0 aliphatic rings. The lowest BCUT2D eigenvalue weighted by Gasteiger charge is -2.09. The molecule has 4 heteroatoms. The van der Waals surface area contributed by atoms with E-state index in [9.17, 15) is 4.79 Å². The lowest BCUT2D eigenvalue weighted by molar-refractivity contribution is 0.0976. The van der Waals surface area contributed by atoms with Gasteiger partial charge in [-0.1, -0.05) is 19.4 Å². The molecule has 1 aromatic carbocycles. The highest BCUT2D eigenvalue weighted by Crippen LogP contribution is 2.09. The predicted molar refractivity (Wildman–Crippen MR) is 78.9 cm³/mol. The Morgan fingerprint density at radius 2 is 2.00 bits per heavy atom. The minimum absolute atomic E-state index is 0.160. The Kier molecular flexibility index (Phi) is 5.78. The normalized spacial score (nSPS) is 9.94. The van der Waals surface area contributed by atoms with E-state index in [0.717, 1.165) is 24.9 Å². The van der Waals surface area contributed by atoms with E-state index in [1.54, 1.807) is 0 Å². The van der Waals surface area contributed by atoms with E-state index in [0.29, 0.717) is 10.7 Å². The molecule has 98 valence electrons. The first-order valence-corrected chi connectivity index (χ1v) is 6.62. The molecule has 1 rings (SSSR count). The molecular weight excluding hydrogens is 244 g/mol. The molecule has 0 radical (unpaired) electrons. The van der Waals surface area contributed by atoms with E-state index < -0.39 is 0 Å². The second kappa shape index (κ2) is 7.11. The first-order chi connectivity index (χ1) is 8.54. The number of aryl methyl sites for hydroxylation is 2. The Hall–Kier alpha value is -1.42. The average Bonchev–Trinajstić information content (AvgIpc) is 2.33. The number of thiocarbonyl (C=S) groups is 1. The van der Waals surface area contributed by atoms with Crippen LogP contribution in [0, 0.1) is 13.8 Å². The number of hydrogen-bond donors (Lipinski definition) is 2. The van der Waals surface area contributed by atoms with Gasteiger partial charge in [0.2, 0.25) is 0 Å². The maximum absolute atomic E-state index is 11.9. The van der Waals surface area contributed by atoms with Gasteiger partial charge in [0.05, 0.1) is 0 Å². The molecule has 3 nitrogen and oxygen atoms in total. The predicted octanol–water partition coefficient (Wildman–Crippen LogP) is 2.71. The highest BCUT2D eigenvalue weighted by molar-refractivity contribution is 7.80. The number of hydrogen-bond acceptors (Lipinski definition) is 2. The average molecular weight is 264 g/mol. The van der Waals surface area contributed by atoms with E-state index >= 15 is 0 Å². The molecule has 0 aliphatic heterocycles. The molecule has 0 aromatic heterocycles. The summed E-state index contributed by atoms with van der Waals surface area (Å²) in [6.07, 6.45) is 2.14. The third-order valence-corrected chi connectivity index (χ3v) is 3.06. The highest BCUT2D eigenvalue weighted by atomic mass is 32.1. The second-order valence-electron chi connectivity index (χ2n) is 4.36. The van der Waals surface area contributed by atoms with Crippen molar-refractivity contribution >= 4 is 23.2 Å². The molecule has 0 spiro atoms. The first kappa shape index (κ1) is 14.6. The standard InChI is InChI=1S/C14H20N2OS/c1-4-5-8-15-14(18)16-13(17)12-7-6-10(2)11(3)9-12/h6-7,9H,4-5,8H2,1-3H3,(H2,15,16,17,18). The monoisotopic (exact) mass is 264 g/mol. The number of nitrogens with one attached hydrogen (secondary N) is 2. The summed E-state index contributed by atoms with van der Waals surface area (Å²) in [5, 5.41) is 6.09. The van der Waals surface area contributed by atoms with E-state index in [2.05, 4.69) is 17.6 Å². The Morgan fingerprint density at radius 3 is 2.61 bits per heavy atom. The zero-order chi connectivity index (χ0) is 13.5. The molecule has 0 aliphatic carbocycles. The van der Waals surface area contributed by atoms with E-state index in [1.807, 2.05) is 32.0 Å². The van der Waals surface area contributed by atoms with Crippen LogP contribution in [0.5, 0.6) is 0 Å². The number of unbranched alkanes of at least 4 members (excludes halogenated alkanes) is 1. The van der Waals surface area contributed by atoms with Crippen LogP contribution >= 0.6 is 12.2 Å². The number of carbonyl (C=O) groups is 1. The summed E-state index contributed by atoms with van der Waals surface area (Å²) in [6, 6.07) is 5.63. The Morgan fingerprint density at radius 1 is 1.28 bits per heavy atom. The molecule has 1 aromatic rings. The van der Waals surface area contributed by atoms with E-state index in [1.165, 1.54) is 5.56 Å². The molecule has 2 N–H and O–H groups in total. The molecule has 0 fully saturated rings. The third-order valence-electron chi connectivity index (χ3n) is 2.81. The maximum Gasteiger partial charge on any atom is 0.257 e. The van der Waals surface area contributed by atoms with Crippen LogP contribution < -0.4 is 10.6 Å². The van der Waals surface area contributed by atoms with Gasteiger partial charge in [0.1, 0.15) is 0 Å². The van der Waals surface area contributed by atoms with Gasteiger partial charge in [-0.25, -0.2) is 0 Å². The first-order valence-electron chi connectivity index (χ1n) is 6.21. The van der Waals surface area contributed by atoms with Gasteiger partial charge in [0, 0.05) is 12.1 Å². The van der Waals surface area contributed by atoms with Crippen LogP contribution in [0.3, 0.4) is 0 Å². The van der Waals surface area contributed by atoms with E-state index in [4.69, 9.17) is 12.2 Å². The molecule has 0 atom stereocenters. The SMILES string of the molecule is CCCCNC(=S)NC(=O)c1ccc(C)c(C)c1. The molecule has 0 saturated heterocycles. The Balaban J connectivity index is 2.54. The van der Waals surface area contributed by atoms with Gasteiger partial charge in [0.25, 0.3) is 5.91 Å². The van der Waals surface area contributed by atoms with Crippen molar-refractivity contribution in [1.29, 1.82) is 0 Å². The summed E-state index contributed by atoms with van der Waals surface area (Å²) in [6.45, 7) is 6.92. The maximum atomic E-state index is 11.9. The molecule has 0 saturated carbocycles. The Bertz CT molecular complexity index is 443.